The fraction of sp³-hybridized carbons (Fsp3) is 0.292. The summed E-state index contributed by atoms with van der Waals surface area (Å²) in [5.41, 5.74) is -0.911. The highest BCUT2D eigenvalue weighted by atomic mass is 32.2. The van der Waals surface area contributed by atoms with Crippen LogP contribution in [0.25, 0.3) is 5.69 Å². The van der Waals surface area contributed by atoms with E-state index in [1.165, 1.54) is 48.7 Å². The van der Waals surface area contributed by atoms with Gasteiger partial charge in [0.1, 0.15) is 5.82 Å². The van der Waals surface area contributed by atoms with E-state index in [9.17, 15) is 35.9 Å². The highest BCUT2D eigenvalue weighted by Gasteiger charge is 2.36. The average molecular weight is 513 g/mol. The summed E-state index contributed by atoms with van der Waals surface area (Å²) in [6.45, 7) is 4.51. The van der Waals surface area contributed by atoms with Crippen molar-refractivity contribution in [3.8, 4) is 5.69 Å². The molecule has 6 nitrogen and oxygen atoms in total. The number of hydrogen-bond donors (Lipinski definition) is 2. The van der Waals surface area contributed by atoms with Gasteiger partial charge in [-0.1, -0.05) is 6.92 Å². The van der Waals surface area contributed by atoms with Gasteiger partial charge in [-0.15, -0.1) is 0 Å². The summed E-state index contributed by atoms with van der Waals surface area (Å²) in [6.07, 6.45) is -4.79. The maximum atomic E-state index is 13.8. The first-order chi connectivity index (χ1) is 16.1. The van der Waals surface area contributed by atoms with Gasteiger partial charge in [-0.3, -0.25) is 4.79 Å². The quantitative estimate of drug-likeness (QED) is 0.451. The van der Waals surface area contributed by atoms with Crippen LogP contribution in [0.1, 0.15) is 47.1 Å². The molecule has 11 heteroatoms. The standard InChI is InChI=1S/C24H24F4N2O4S/c1-13(15(3)31)22-12-19(23(32)29-17-6-8-18(9-7-17)35(4,33)34)14(2)30(22)21-10-5-16(25)11-20(21)24(26,27)28/h5-13,15,31H,1-4H3,(H,29,32)/t13-,15+/m1/s1. The second kappa shape index (κ2) is 9.46. The minimum atomic E-state index is -4.87. The van der Waals surface area contributed by atoms with Crippen LogP contribution in [0.4, 0.5) is 23.2 Å². The van der Waals surface area contributed by atoms with Crippen molar-refractivity contribution in [2.24, 2.45) is 0 Å². The first-order valence-corrected chi connectivity index (χ1v) is 12.4. The third kappa shape index (κ3) is 5.57. The molecule has 2 atom stereocenters. The van der Waals surface area contributed by atoms with Gasteiger partial charge < -0.3 is 15.0 Å². The molecule has 35 heavy (non-hydrogen) atoms. The van der Waals surface area contributed by atoms with Crippen LogP contribution in [-0.2, 0) is 16.0 Å². The van der Waals surface area contributed by atoms with E-state index in [0.717, 1.165) is 18.4 Å². The van der Waals surface area contributed by atoms with Crippen LogP contribution in [0.3, 0.4) is 0 Å². The minimum absolute atomic E-state index is 0.0390. The summed E-state index contributed by atoms with van der Waals surface area (Å²) in [5, 5.41) is 12.7. The summed E-state index contributed by atoms with van der Waals surface area (Å²) >= 11 is 0. The molecule has 0 radical (unpaired) electrons. The maximum Gasteiger partial charge on any atom is 0.418 e. The number of nitrogens with zero attached hydrogens (tertiary/aromatic N) is 1. The lowest BCUT2D eigenvalue weighted by molar-refractivity contribution is -0.137. The summed E-state index contributed by atoms with van der Waals surface area (Å²) in [7, 11) is -3.44. The van der Waals surface area contributed by atoms with Crippen molar-refractivity contribution in [1.29, 1.82) is 0 Å². The Balaban J connectivity index is 2.12. The number of aliphatic hydroxyl groups is 1. The second-order valence-electron chi connectivity index (χ2n) is 8.34. The van der Waals surface area contributed by atoms with Crippen LogP contribution >= 0.6 is 0 Å². The predicted octanol–water partition coefficient (Wildman–Crippen LogP) is 5.08. The molecular formula is C24H24F4N2O4S. The van der Waals surface area contributed by atoms with Crippen LogP contribution in [-0.4, -0.2) is 36.4 Å². The average Bonchev–Trinajstić information content (AvgIpc) is 3.09. The van der Waals surface area contributed by atoms with Crippen LogP contribution in [0.2, 0.25) is 0 Å². The SMILES string of the molecule is Cc1c(C(=O)Nc2ccc(S(C)(=O)=O)cc2)cc([C@H](C)[C@H](C)O)n1-c1ccc(F)cc1C(F)(F)F. The van der Waals surface area contributed by atoms with Crippen LogP contribution < -0.4 is 5.32 Å². The zero-order valence-electron chi connectivity index (χ0n) is 19.3. The smallest absolute Gasteiger partial charge is 0.393 e. The topological polar surface area (TPSA) is 88.4 Å². The number of aromatic nitrogens is 1. The van der Waals surface area contributed by atoms with Gasteiger partial charge in [-0.25, -0.2) is 12.8 Å². The van der Waals surface area contributed by atoms with Crippen molar-refractivity contribution in [3.05, 3.63) is 76.9 Å². The normalized spacial score (nSPS) is 14.0. The number of alkyl halides is 3. The van der Waals surface area contributed by atoms with Crippen molar-refractivity contribution >= 4 is 21.4 Å². The molecule has 1 aromatic heterocycles. The minimum Gasteiger partial charge on any atom is -0.393 e. The van der Waals surface area contributed by atoms with Crippen LogP contribution in [0.5, 0.6) is 0 Å². The van der Waals surface area contributed by atoms with Gasteiger partial charge in [-0.05, 0) is 62.4 Å². The van der Waals surface area contributed by atoms with Crippen molar-refractivity contribution < 1.29 is 35.9 Å². The molecule has 188 valence electrons. The lowest BCUT2D eigenvalue weighted by Gasteiger charge is -2.22. The number of halogens is 4. The maximum absolute atomic E-state index is 13.8. The van der Waals surface area contributed by atoms with Gasteiger partial charge >= 0.3 is 6.18 Å². The van der Waals surface area contributed by atoms with Crippen molar-refractivity contribution in [2.45, 2.75) is 43.9 Å². The second-order valence-corrected chi connectivity index (χ2v) is 10.4. The molecule has 0 unspecified atom stereocenters. The highest BCUT2D eigenvalue weighted by Crippen LogP contribution is 2.38. The summed E-state index contributed by atoms with van der Waals surface area (Å²) in [4.78, 5) is 13.1. The van der Waals surface area contributed by atoms with Gasteiger partial charge in [0.05, 0.1) is 27.8 Å². The molecule has 0 spiro atoms. The van der Waals surface area contributed by atoms with E-state index < -0.39 is 45.3 Å². The highest BCUT2D eigenvalue weighted by molar-refractivity contribution is 7.90. The molecule has 0 aliphatic carbocycles. The van der Waals surface area contributed by atoms with E-state index in [-0.39, 0.29) is 33.2 Å². The van der Waals surface area contributed by atoms with E-state index in [1.54, 1.807) is 6.92 Å². The Hall–Kier alpha value is -3.18. The first kappa shape index (κ1) is 26.4. The molecule has 2 aromatic carbocycles. The molecule has 0 bridgehead atoms. The summed E-state index contributed by atoms with van der Waals surface area (Å²) in [5.74, 6) is -2.38. The number of hydrogen-bond acceptors (Lipinski definition) is 4. The van der Waals surface area contributed by atoms with E-state index in [0.29, 0.717) is 6.07 Å². The Bertz CT molecular complexity index is 1360. The van der Waals surface area contributed by atoms with E-state index >= 15 is 0 Å². The van der Waals surface area contributed by atoms with Crippen LogP contribution in [0.15, 0.2) is 53.4 Å². The molecule has 2 N–H and O–H groups in total. The van der Waals surface area contributed by atoms with E-state index in [2.05, 4.69) is 5.32 Å². The predicted molar refractivity (Wildman–Crippen MR) is 123 cm³/mol. The Morgan fingerprint density at radius 2 is 1.66 bits per heavy atom. The number of anilines is 1. The molecule has 1 amide bonds. The Labute approximate surface area is 200 Å². The number of sulfone groups is 1. The number of amides is 1. The largest absolute Gasteiger partial charge is 0.418 e. The molecule has 0 fully saturated rings. The third-order valence-electron chi connectivity index (χ3n) is 5.76. The van der Waals surface area contributed by atoms with Gasteiger partial charge in [0.2, 0.25) is 0 Å². The lowest BCUT2D eigenvalue weighted by atomic mass is 10.0. The van der Waals surface area contributed by atoms with Gasteiger partial charge in [0.25, 0.3) is 5.91 Å². The molecule has 3 rings (SSSR count). The number of carbonyl (C=O) groups is 1. The molecule has 0 aliphatic rings. The first-order valence-electron chi connectivity index (χ1n) is 10.5. The van der Waals surface area contributed by atoms with E-state index in [1.807, 2.05) is 0 Å². The zero-order valence-corrected chi connectivity index (χ0v) is 20.1. The Morgan fingerprint density at radius 1 is 1.06 bits per heavy atom. The van der Waals surface area contributed by atoms with E-state index in [4.69, 9.17) is 0 Å². The summed E-state index contributed by atoms with van der Waals surface area (Å²) in [6, 6.07) is 9.06. The number of carbonyl (C=O) groups excluding carboxylic acids is 1. The molecular weight excluding hydrogens is 488 g/mol. The Kier molecular flexibility index (Phi) is 7.14. The van der Waals surface area contributed by atoms with Gasteiger partial charge in [0, 0.05) is 29.2 Å². The molecule has 0 aliphatic heterocycles. The number of benzene rings is 2. The van der Waals surface area contributed by atoms with Gasteiger partial charge in [-0.2, -0.15) is 13.2 Å². The lowest BCUT2D eigenvalue weighted by Crippen LogP contribution is -2.18. The number of rotatable bonds is 6. The number of aliphatic hydroxyl groups excluding tert-OH is 1. The summed E-state index contributed by atoms with van der Waals surface area (Å²) < 4.78 is 79.4. The van der Waals surface area contributed by atoms with Crippen molar-refractivity contribution in [1.82, 2.24) is 4.57 Å². The molecule has 1 heterocycles. The fourth-order valence-electron chi connectivity index (χ4n) is 3.68. The fourth-order valence-corrected chi connectivity index (χ4v) is 4.31. The van der Waals surface area contributed by atoms with Crippen LogP contribution in [0, 0.1) is 12.7 Å². The number of nitrogens with one attached hydrogen (secondary N) is 1. The van der Waals surface area contributed by atoms with Gasteiger partial charge in [0.15, 0.2) is 9.84 Å². The third-order valence-corrected chi connectivity index (χ3v) is 6.88. The molecule has 0 saturated heterocycles. The Morgan fingerprint density at radius 3 is 2.17 bits per heavy atom. The van der Waals surface area contributed by atoms with Crippen molar-refractivity contribution in [2.75, 3.05) is 11.6 Å². The molecule has 3 aromatic rings. The van der Waals surface area contributed by atoms with Crippen molar-refractivity contribution in [3.63, 3.8) is 0 Å². The zero-order chi connectivity index (χ0) is 26.3. The molecule has 0 saturated carbocycles. The monoisotopic (exact) mass is 512 g/mol.